The van der Waals surface area contributed by atoms with E-state index in [1.54, 1.807) is 19.3 Å². The summed E-state index contributed by atoms with van der Waals surface area (Å²) in [4.78, 5) is 4.23. The SMILES string of the molecule is C[C@H](O)c1nccn1[C@H](CN)c1cc(-c2ccc(C#CC3CC(NC4COC4)C3)cc2)on1. The number of ether oxygens (including phenoxy) is 1. The molecule has 0 amide bonds. The summed E-state index contributed by atoms with van der Waals surface area (Å²) in [6, 6.07) is 10.7. The molecule has 3 aromatic rings. The highest BCUT2D eigenvalue weighted by molar-refractivity contribution is 5.59. The molecule has 1 aliphatic carbocycles. The lowest BCUT2D eigenvalue weighted by molar-refractivity contribution is -0.0163. The van der Waals surface area contributed by atoms with Crippen molar-refractivity contribution in [1.82, 2.24) is 20.0 Å². The van der Waals surface area contributed by atoms with Crippen LogP contribution in [-0.4, -0.2) is 51.7 Å². The van der Waals surface area contributed by atoms with Crippen LogP contribution in [-0.2, 0) is 4.74 Å². The lowest BCUT2D eigenvalue weighted by atomic mass is 9.80. The van der Waals surface area contributed by atoms with E-state index in [1.807, 2.05) is 34.9 Å². The second-order valence-electron chi connectivity index (χ2n) is 8.85. The molecule has 0 unspecified atom stereocenters. The molecule has 2 aliphatic rings. The van der Waals surface area contributed by atoms with E-state index in [0.29, 0.717) is 41.8 Å². The molecule has 0 radical (unpaired) electrons. The van der Waals surface area contributed by atoms with E-state index < -0.39 is 6.10 Å². The molecule has 2 fully saturated rings. The number of aliphatic hydroxyl groups is 1. The fourth-order valence-electron chi connectivity index (χ4n) is 4.31. The fourth-order valence-corrected chi connectivity index (χ4v) is 4.31. The monoisotopic (exact) mass is 447 g/mol. The van der Waals surface area contributed by atoms with Gasteiger partial charge >= 0.3 is 0 Å². The molecule has 2 atom stereocenters. The molecule has 172 valence electrons. The van der Waals surface area contributed by atoms with Crippen LogP contribution in [0.1, 0.15) is 49.0 Å². The Bertz CT molecular complexity index is 1130. The number of hydrogen-bond donors (Lipinski definition) is 3. The molecule has 33 heavy (non-hydrogen) atoms. The van der Waals surface area contributed by atoms with Gasteiger partial charge in [0.1, 0.15) is 17.6 Å². The molecule has 1 aromatic carbocycles. The molecular weight excluding hydrogens is 418 g/mol. The minimum atomic E-state index is -0.700. The van der Waals surface area contributed by atoms with Gasteiger partial charge in [-0.3, -0.25) is 0 Å². The highest BCUT2D eigenvalue weighted by atomic mass is 16.5. The van der Waals surface area contributed by atoms with E-state index in [1.165, 1.54) is 0 Å². The maximum Gasteiger partial charge on any atom is 0.167 e. The zero-order chi connectivity index (χ0) is 22.8. The van der Waals surface area contributed by atoms with Crippen LogP contribution in [0.5, 0.6) is 0 Å². The number of rotatable bonds is 7. The van der Waals surface area contributed by atoms with E-state index in [2.05, 4.69) is 27.3 Å². The minimum Gasteiger partial charge on any atom is -0.385 e. The Hall–Kier alpha value is -2.96. The van der Waals surface area contributed by atoms with Crippen molar-refractivity contribution in [2.75, 3.05) is 19.8 Å². The predicted molar refractivity (Wildman–Crippen MR) is 123 cm³/mol. The summed E-state index contributed by atoms with van der Waals surface area (Å²) in [6.45, 7) is 3.66. The Morgan fingerprint density at radius 3 is 2.70 bits per heavy atom. The van der Waals surface area contributed by atoms with Crippen molar-refractivity contribution in [2.24, 2.45) is 11.7 Å². The quantitative estimate of drug-likeness (QED) is 0.476. The van der Waals surface area contributed by atoms with Gasteiger partial charge in [0.15, 0.2) is 5.76 Å². The van der Waals surface area contributed by atoms with Crippen molar-refractivity contribution < 1.29 is 14.4 Å². The summed E-state index contributed by atoms with van der Waals surface area (Å²) in [6.07, 6.45) is 4.96. The molecule has 5 rings (SSSR count). The first kappa shape index (κ1) is 21.9. The molecule has 1 saturated carbocycles. The standard InChI is InChI=1S/C25H29N5O3/c1-16(31)25-27-8-9-30(25)23(13-26)22-12-24(33-29-22)19-6-4-17(5-7-19)2-3-18-10-20(11-18)28-21-14-32-15-21/h4-9,12,16,18,20-21,23,28,31H,10-11,13-15,26H2,1H3/t16-,18?,20?,23+/m0/s1. The van der Waals surface area contributed by atoms with Gasteiger partial charge in [-0.1, -0.05) is 17.0 Å². The van der Waals surface area contributed by atoms with Gasteiger partial charge in [-0.15, -0.1) is 0 Å². The normalized spacial score (nSPS) is 22.0. The average Bonchev–Trinajstić information content (AvgIpc) is 3.43. The fraction of sp³-hybridized carbons (Fsp3) is 0.440. The van der Waals surface area contributed by atoms with E-state index in [-0.39, 0.29) is 6.04 Å². The van der Waals surface area contributed by atoms with Crippen molar-refractivity contribution in [3.05, 3.63) is 59.8 Å². The first-order valence-corrected chi connectivity index (χ1v) is 11.4. The third-order valence-corrected chi connectivity index (χ3v) is 6.34. The van der Waals surface area contributed by atoms with Gasteiger partial charge in [0.25, 0.3) is 0 Å². The van der Waals surface area contributed by atoms with Gasteiger partial charge in [0.2, 0.25) is 0 Å². The summed E-state index contributed by atoms with van der Waals surface area (Å²) in [5.74, 6) is 8.35. The van der Waals surface area contributed by atoms with Crippen molar-refractivity contribution in [3.63, 3.8) is 0 Å². The van der Waals surface area contributed by atoms with E-state index in [9.17, 15) is 5.11 Å². The molecule has 1 aliphatic heterocycles. The highest BCUT2D eigenvalue weighted by Gasteiger charge is 2.31. The van der Waals surface area contributed by atoms with Crippen molar-refractivity contribution >= 4 is 0 Å². The number of nitrogens with zero attached hydrogens (tertiary/aromatic N) is 3. The number of nitrogens with one attached hydrogen (secondary N) is 1. The second kappa shape index (κ2) is 9.49. The topological polar surface area (TPSA) is 111 Å². The summed E-state index contributed by atoms with van der Waals surface area (Å²) in [5, 5.41) is 17.8. The third-order valence-electron chi connectivity index (χ3n) is 6.34. The molecular formula is C25H29N5O3. The Morgan fingerprint density at radius 2 is 2.03 bits per heavy atom. The van der Waals surface area contributed by atoms with Gasteiger partial charge in [0, 0.05) is 48.1 Å². The number of hydrogen-bond acceptors (Lipinski definition) is 7. The summed E-state index contributed by atoms with van der Waals surface area (Å²) >= 11 is 0. The maximum absolute atomic E-state index is 9.96. The van der Waals surface area contributed by atoms with Crippen molar-refractivity contribution in [1.29, 1.82) is 0 Å². The number of aliphatic hydroxyl groups excluding tert-OH is 1. The van der Waals surface area contributed by atoms with Gasteiger partial charge in [0.05, 0.1) is 25.3 Å². The van der Waals surface area contributed by atoms with Crippen molar-refractivity contribution in [2.45, 2.75) is 44.0 Å². The van der Waals surface area contributed by atoms with Crippen LogP contribution in [0, 0.1) is 17.8 Å². The van der Waals surface area contributed by atoms with Crippen LogP contribution in [0.15, 0.2) is 47.2 Å². The molecule has 4 N–H and O–H groups in total. The molecule has 3 heterocycles. The maximum atomic E-state index is 9.96. The Kier molecular flexibility index (Phi) is 6.29. The summed E-state index contributed by atoms with van der Waals surface area (Å²) < 4.78 is 12.6. The van der Waals surface area contributed by atoms with Crippen LogP contribution in [0.4, 0.5) is 0 Å². The van der Waals surface area contributed by atoms with Gasteiger partial charge in [-0.2, -0.15) is 0 Å². The molecule has 2 aromatic heterocycles. The zero-order valence-electron chi connectivity index (χ0n) is 18.6. The van der Waals surface area contributed by atoms with Crippen LogP contribution in [0.25, 0.3) is 11.3 Å². The summed E-state index contributed by atoms with van der Waals surface area (Å²) in [5.41, 5.74) is 8.62. The van der Waals surface area contributed by atoms with Crippen molar-refractivity contribution in [3.8, 4) is 23.2 Å². The first-order chi connectivity index (χ1) is 16.1. The average molecular weight is 448 g/mol. The van der Waals surface area contributed by atoms with E-state index in [4.69, 9.17) is 15.0 Å². The van der Waals surface area contributed by atoms with E-state index in [0.717, 1.165) is 37.2 Å². The second-order valence-corrected chi connectivity index (χ2v) is 8.85. The lowest BCUT2D eigenvalue weighted by Crippen LogP contribution is -2.54. The van der Waals surface area contributed by atoms with Crippen LogP contribution < -0.4 is 11.1 Å². The Labute approximate surface area is 193 Å². The molecule has 8 nitrogen and oxygen atoms in total. The molecule has 8 heteroatoms. The smallest absolute Gasteiger partial charge is 0.167 e. The van der Waals surface area contributed by atoms with Gasteiger partial charge in [-0.05, 0) is 44.0 Å². The Balaban J connectivity index is 1.22. The first-order valence-electron chi connectivity index (χ1n) is 11.4. The highest BCUT2D eigenvalue weighted by Crippen LogP contribution is 2.29. The molecule has 0 bridgehead atoms. The largest absolute Gasteiger partial charge is 0.385 e. The van der Waals surface area contributed by atoms with Gasteiger partial charge < -0.3 is 30.0 Å². The van der Waals surface area contributed by atoms with Crippen LogP contribution in [0.3, 0.4) is 0 Å². The Morgan fingerprint density at radius 1 is 1.24 bits per heavy atom. The number of nitrogens with two attached hydrogens (primary N) is 1. The van der Waals surface area contributed by atoms with Crippen LogP contribution >= 0.6 is 0 Å². The molecule has 1 saturated heterocycles. The summed E-state index contributed by atoms with van der Waals surface area (Å²) in [7, 11) is 0. The zero-order valence-corrected chi connectivity index (χ0v) is 18.6. The lowest BCUT2D eigenvalue weighted by Gasteiger charge is -2.38. The number of benzene rings is 1. The van der Waals surface area contributed by atoms with Gasteiger partial charge in [-0.25, -0.2) is 4.98 Å². The number of aromatic nitrogens is 3. The van der Waals surface area contributed by atoms with Crippen LogP contribution in [0.2, 0.25) is 0 Å². The molecule has 0 spiro atoms. The number of imidazole rings is 1. The predicted octanol–water partition coefficient (Wildman–Crippen LogP) is 2.26. The van der Waals surface area contributed by atoms with E-state index >= 15 is 0 Å². The third kappa shape index (κ3) is 4.72. The minimum absolute atomic E-state index is 0.266.